The van der Waals surface area contributed by atoms with E-state index in [2.05, 4.69) is 31.6 Å². The molecule has 0 amide bonds. The van der Waals surface area contributed by atoms with Gasteiger partial charge in [-0.2, -0.15) is 5.10 Å². The van der Waals surface area contributed by atoms with Gasteiger partial charge in [0, 0.05) is 11.9 Å². The molecule has 1 aromatic rings. The first-order valence-electron chi connectivity index (χ1n) is 6.20. The zero-order valence-corrected chi connectivity index (χ0v) is 11.6. The molecule has 0 radical (unpaired) electrons. The Balaban J connectivity index is 0.00000121. The lowest BCUT2D eigenvalue weighted by molar-refractivity contribution is 0.725. The fourth-order valence-corrected chi connectivity index (χ4v) is 1.38. The second-order valence-electron chi connectivity index (χ2n) is 3.64. The predicted molar refractivity (Wildman–Crippen MR) is 78.7 cm³/mol. The minimum atomic E-state index is 0.460. The van der Waals surface area contributed by atoms with Crippen molar-refractivity contribution in [1.29, 1.82) is 0 Å². The summed E-state index contributed by atoms with van der Waals surface area (Å²) in [5.41, 5.74) is 2.23. The Bertz CT molecular complexity index is 382. The summed E-state index contributed by atoms with van der Waals surface area (Å²) >= 11 is 0. The van der Waals surface area contributed by atoms with Crippen LogP contribution in [0.25, 0.3) is 6.08 Å². The van der Waals surface area contributed by atoms with Crippen molar-refractivity contribution in [3.8, 4) is 0 Å². The van der Waals surface area contributed by atoms with Crippen molar-refractivity contribution < 1.29 is 0 Å². The van der Waals surface area contributed by atoms with Crippen LogP contribution in [0.4, 0.5) is 0 Å². The maximum absolute atomic E-state index is 4.38. The van der Waals surface area contributed by atoms with Crippen LogP contribution in [-0.4, -0.2) is 10.9 Å². The third kappa shape index (κ3) is 4.43. The molecule has 0 saturated heterocycles. The average Bonchev–Trinajstić information content (AvgIpc) is 2.75. The van der Waals surface area contributed by atoms with E-state index in [9.17, 15) is 0 Å². The zero-order chi connectivity index (χ0) is 13.3. The lowest BCUT2D eigenvalue weighted by Crippen LogP contribution is -2.00. The highest BCUT2D eigenvalue weighted by Gasteiger charge is 2.07. The lowest BCUT2D eigenvalue weighted by Gasteiger charge is -2.07. The van der Waals surface area contributed by atoms with E-state index in [0.29, 0.717) is 5.92 Å². The quantitative estimate of drug-likeness (QED) is 0.670. The van der Waals surface area contributed by atoms with Gasteiger partial charge in [0.2, 0.25) is 0 Å². The monoisotopic (exact) mass is 232 g/mol. The topological polar surface area (TPSA) is 17.3 Å². The normalized spacial score (nSPS) is 10.9. The summed E-state index contributed by atoms with van der Waals surface area (Å²) in [5.74, 6) is 0.460. The molecule has 0 saturated carbocycles. The van der Waals surface area contributed by atoms with Gasteiger partial charge in [0.25, 0.3) is 0 Å². The summed E-state index contributed by atoms with van der Waals surface area (Å²) in [6.07, 6.45) is 7.48. The van der Waals surface area contributed by atoms with E-state index in [1.807, 2.05) is 49.7 Å². The van der Waals surface area contributed by atoms with Gasteiger partial charge in [-0.05, 0) is 37.1 Å². The number of hydrogen-bond donors (Lipinski definition) is 0. The van der Waals surface area contributed by atoms with E-state index in [1.54, 1.807) is 6.21 Å². The second-order valence-corrected chi connectivity index (χ2v) is 3.64. The highest BCUT2D eigenvalue weighted by Crippen LogP contribution is 2.18. The van der Waals surface area contributed by atoms with E-state index in [1.165, 1.54) is 5.69 Å². The van der Waals surface area contributed by atoms with Gasteiger partial charge in [-0.3, -0.25) is 0 Å². The van der Waals surface area contributed by atoms with Crippen LogP contribution < -0.4 is 0 Å². The fraction of sp³-hybridized carbons (Fsp3) is 0.400. The van der Waals surface area contributed by atoms with Crippen LogP contribution in [0.3, 0.4) is 0 Å². The molecule has 0 aliphatic heterocycles. The summed E-state index contributed by atoms with van der Waals surface area (Å²) in [6, 6.07) is 4.13. The van der Waals surface area contributed by atoms with Crippen LogP contribution in [0.5, 0.6) is 0 Å². The molecule has 0 atom stereocenters. The molecule has 2 heteroatoms. The van der Waals surface area contributed by atoms with Crippen LogP contribution in [0.15, 0.2) is 36.0 Å². The Morgan fingerprint density at radius 2 is 1.94 bits per heavy atom. The Morgan fingerprint density at radius 3 is 2.41 bits per heavy atom. The molecule has 0 aliphatic rings. The molecule has 0 aromatic carbocycles. The van der Waals surface area contributed by atoms with Crippen molar-refractivity contribution in [3.05, 3.63) is 42.3 Å². The van der Waals surface area contributed by atoms with Crippen molar-refractivity contribution >= 4 is 12.3 Å². The van der Waals surface area contributed by atoms with Gasteiger partial charge in [-0.15, -0.1) is 0 Å². The van der Waals surface area contributed by atoms with E-state index in [4.69, 9.17) is 0 Å². The Kier molecular flexibility index (Phi) is 7.78. The molecular formula is C15H24N2. The van der Waals surface area contributed by atoms with Gasteiger partial charge in [0.05, 0.1) is 5.69 Å². The van der Waals surface area contributed by atoms with Crippen molar-refractivity contribution in [1.82, 2.24) is 4.68 Å². The van der Waals surface area contributed by atoms with Crippen LogP contribution >= 0.6 is 0 Å². The summed E-state index contributed by atoms with van der Waals surface area (Å²) in [5, 5.41) is 4.38. The van der Waals surface area contributed by atoms with Crippen LogP contribution in [0, 0.1) is 0 Å². The van der Waals surface area contributed by atoms with Crippen LogP contribution in [-0.2, 0) is 0 Å². The molecule has 0 spiro atoms. The van der Waals surface area contributed by atoms with Gasteiger partial charge in [-0.1, -0.05) is 40.3 Å². The van der Waals surface area contributed by atoms with Crippen LogP contribution in [0.1, 0.15) is 51.9 Å². The first-order chi connectivity index (χ1) is 8.20. The van der Waals surface area contributed by atoms with Crippen molar-refractivity contribution in [2.24, 2.45) is 5.10 Å². The summed E-state index contributed by atoms with van der Waals surface area (Å²) in [7, 11) is 0. The molecule has 0 bridgehead atoms. The highest BCUT2D eigenvalue weighted by atomic mass is 15.3. The van der Waals surface area contributed by atoms with Crippen LogP contribution in [0.2, 0.25) is 0 Å². The largest absolute Gasteiger partial charge is 0.238 e. The average molecular weight is 232 g/mol. The molecule has 0 aliphatic carbocycles. The van der Waals surface area contributed by atoms with Gasteiger partial charge in [0.15, 0.2) is 0 Å². The van der Waals surface area contributed by atoms with Gasteiger partial charge in [0.1, 0.15) is 0 Å². The third-order valence-electron chi connectivity index (χ3n) is 2.18. The molecule has 1 rings (SSSR count). The van der Waals surface area contributed by atoms with Gasteiger partial charge < -0.3 is 0 Å². The fourth-order valence-electron chi connectivity index (χ4n) is 1.38. The molecule has 1 aromatic heterocycles. The molecular weight excluding hydrogens is 208 g/mol. The van der Waals surface area contributed by atoms with Gasteiger partial charge >= 0.3 is 0 Å². The Morgan fingerprint density at radius 1 is 1.29 bits per heavy atom. The molecule has 94 valence electrons. The van der Waals surface area contributed by atoms with Crippen molar-refractivity contribution in [3.63, 3.8) is 0 Å². The maximum atomic E-state index is 4.38. The smallest absolute Gasteiger partial charge is 0.0643 e. The first kappa shape index (κ1) is 15.4. The SMILES string of the molecule is C=Cc1ccc(C(C)C)n1/N=C\C=C/C.CC. The van der Waals surface area contributed by atoms with E-state index in [0.717, 1.165) is 5.69 Å². The van der Waals surface area contributed by atoms with Gasteiger partial charge in [-0.25, -0.2) is 4.68 Å². The number of allylic oxidation sites excluding steroid dienone is 2. The molecule has 2 nitrogen and oxygen atoms in total. The summed E-state index contributed by atoms with van der Waals surface area (Å²) in [4.78, 5) is 0. The summed E-state index contributed by atoms with van der Waals surface area (Å²) < 4.78 is 1.93. The Hall–Kier alpha value is -1.57. The highest BCUT2D eigenvalue weighted by molar-refractivity contribution is 5.71. The molecule has 1 heterocycles. The molecule has 0 N–H and O–H groups in total. The predicted octanol–water partition coefficient (Wildman–Crippen LogP) is 4.69. The minimum absolute atomic E-state index is 0.460. The first-order valence-corrected chi connectivity index (χ1v) is 6.20. The summed E-state index contributed by atoms with van der Waals surface area (Å²) in [6.45, 7) is 14.1. The molecule has 0 fully saturated rings. The van der Waals surface area contributed by atoms with E-state index < -0.39 is 0 Å². The maximum Gasteiger partial charge on any atom is 0.0643 e. The van der Waals surface area contributed by atoms with Crippen molar-refractivity contribution in [2.45, 2.75) is 40.5 Å². The minimum Gasteiger partial charge on any atom is -0.238 e. The third-order valence-corrected chi connectivity index (χ3v) is 2.18. The number of hydrogen-bond acceptors (Lipinski definition) is 1. The van der Waals surface area contributed by atoms with E-state index in [-0.39, 0.29) is 0 Å². The zero-order valence-electron chi connectivity index (χ0n) is 11.6. The van der Waals surface area contributed by atoms with Crippen molar-refractivity contribution in [2.75, 3.05) is 0 Å². The van der Waals surface area contributed by atoms with E-state index >= 15 is 0 Å². The standard InChI is InChI=1S/C13H18N2.C2H6/c1-5-7-10-14-15-12(6-2)8-9-13(15)11(3)4;1-2/h5-11H,2H2,1,3-4H3;1-2H3/b7-5-,14-10-;. The molecule has 17 heavy (non-hydrogen) atoms. The number of rotatable bonds is 4. The lowest BCUT2D eigenvalue weighted by atomic mass is 10.1. The molecule has 0 unspecified atom stereocenters. The number of aromatic nitrogens is 1. The second kappa shape index (κ2) is 8.57. The number of nitrogens with zero attached hydrogens (tertiary/aromatic N) is 2. The Labute approximate surface area is 105 Å².